The molecule has 0 radical (unpaired) electrons. The van der Waals surface area contributed by atoms with E-state index in [4.69, 9.17) is 0 Å². The molecule has 0 aliphatic carbocycles. The zero-order valence-corrected chi connectivity index (χ0v) is 11.3. The largest absolute Gasteiger partial charge is 0.336 e. The van der Waals surface area contributed by atoms with Gasteiger partial charge in [0.1, 0.15) is 5.82 Å². The predicted octanol–water partition coefficient (Wildman–Crippen LogP) is 0.581. The van der Waals surface area contributed by atoms with Gasteiger partial charge < -0.3 is 10.2 Å². The molecule has 0 unspecified atom stereocenters. The zero-order chi connectivity index (χ0) is 13.2. The molecule has 100 valence electrons. The Morgan fingerprint density at radius 2 is 2.17 bits per heavy atom. The third-order valence-corrected chi connectivity index (χ3v) is 3.82. The highest BCUT2D eigenvalue weighted by atomic mass is 16.2. The average Bonchev–Trinajstić information content (AvgIpc) is 2.87. The molecule has 1 aliphatic heterocycles. The van der Waals surface area contributed by atoms with E-state index >= 15 is 0 Å². The summed E-state index contributed by atoms with van der Waals surface area (Å²) in [7, 11) is 1.97. The second-order valence-corrected chi connectivity index (χ2v) is 5.06. The molecule has 2 N–H and O–H groups in total. The Kier molecular flexibility index (Phi) is 3.65. The number of aryl methyl sites for hydroxylation is 1. The molecule has 1 aromatic heterocycles. The fraction of sp³-hybridized carbons (Fsp3) is 0.750. The predicted molar refractivity (Wildman–Crippen MR) is 68.4 cm³/mol. The van der Waals surface area contributed by atoms with Gasteiger partial charge in [-0.3, -0.25) is 9.89 Å². The number of carbonyl (C=O) groups is 1. The van der Waals surface area contributed by atoms with E-state index in [-0.39, 0.29) is 11.4 Å². The molecule has 18 heavy (non-hydrogen) atoms. The van der Waals surface area contributed by atoms with Gasteiger partial charge in [-0.05, 0) is 26.8 Å². The van der Waals surface area contributed by atoms with Crippen LogP contribution in [-0.2, 0) is 6.42 Å². The van der Waals surface area contributed by atoms with E-state index in [2.05, 4.69) is 27.4 Å². The Balaban J connectivity index is 1.99. The number of aromatic amines is 1. The minimum absolute atomic E-state index is 0.0656. The van der Waals surface area contributed by atoms with Crippen molar-refractivity contribution in [2.45, 2.75) is 38.6 Å². The van der Waals surface area contributed by atoms with Gasteiger partial charge in [-0.1, -0.05) is 6.92 Å². The lowest BCUT2D eigenvalue weighted by molar-refractivity contribution is 0.0650. The number of piperidine rings is 1. The van der Waals surface area contributed by atoms with Crippen LogP contribution in [0.3, 0.4) is 0 Å². The zero-order valence-electron chi connectivity index (χ0n) is 11.3. The van der Waals surface area contributed by atoms with E-state index in [1.807, 2.05) is 18.9 Å². The van der Waals surface area contributed by atoms with Crippen molar-refractivity contribution in [2.24, 2.45) is 0 Å². The first-order valence-corrected chi connectivity index (χ1v) is 6.47. The summed E-state index contributed by atoms with van der Waals surface area (Å²) in [6.45, 7) is 5.68. The lowest BCUT2D eigenvalue weighted by Gasteiger charge is -2.38. The first kappa shape index (κ1) is 13.0. The summed E-state index contributed by atoms with van der Waals surface area (Å²) in [4.78, 5) is 18.2. The van der Waals surface area contributed by atoms with Gasteiger partial charge in [0.2, 0.25) is 5.82 Å². The summed E-state index contributed by atoms with van der Waals surface area (Å²) < 4.78 is 0. The Labute approximate surface area is 107 Å². The average molecular weight is 251 g/mol. The molecule has 6 heteroatoms. The van der Waals surface area contributed by atoms with Crippen LogP contribution in [0.2, 0.25) is 0 Å². The van der Waals surface area contributed by atoms with E-state index in [0.29, 0.717) is 5.82 Å². The number of hydrogen-bond donors (Lipinski definition) is 2. The molecule has 1 fully saturated rings. The van der Waals surface area contributed by atoms with Gasteiger partial charge in [0.25, 0.3) is 5.91 Å². The normalized spacial score (nSPS) is 18.9. The minimum atomic E-state index is -0.0656. The number of aromatic nitrogens is 3. The van der Waals surface area contributed by atoms with Crippen molar-refractivity contribution in [3.8, 4) is 0 Å². The molecule has 0 saturated carbocycles. The molecule has 1 aliphatic rings. The Bertz CT molecular complexity index is 420. The van der Waals surface area contributed by atoms with Crippen molar-refractivity contribution in [1.82, 2.24) is 25.4 Å². The molecule has 0 bridgehead atoms. The quantitative estimate of drug-likeness (QED) is 0.824. The van der Waals surface area contributed by atoms with E-state index in [1.54, 1.807) is 0 Å². The van der Waals surface area contributed by atoms with E-state index in [1.165, 1.54) is 0 Å². The highest BCUT2D eigenvalue weighted by Crippen LogP contribution is 2.21. The van der Waals surface area contributed by atoms with Crippen LogP contribution in [-0.4, -0.2) is 51.7 Å². The lowest BCUT2D eigenvalue weighted by Crippen LogP contribution is -2.51. The highest BCUT2D eigenvalue weighted by Gasteiger charge is 2.31. The van der Waals surface area contributed by atoms with Crippen LogP contribution in [0.4, 0.5) is 0 Å². The summed E-state index contributed by atoms with van der Waals surface area (Å²) in [6, 6.07) is 0. The van der Waals surface area contributed by atoms with Crippen LogP contribution in [0.1, 0.15) is 43.1 Å². The molecule has 6 nitrogen and oxygen atoms in total. The van der Waals surface area contributed by atoms with Gasteiger partial charge >= 0.3 is 0 Å². The number of nitrogens with zero attached hydrogens (tertiary/aromatic N) is 3. The topological polar surface area (TPSA) is 73.9 Å². The van der Waals surface area contributed by atoms with Crippen LogP contribution in [0, 0.1) is 0 Å². The molecule has 0 atom stereocenters. The first-order valence-electron chi connectivity index (χ1n) is 6.47. The Morgan fingerprint density at radius 1 is 1.50 bits per heavy atom. The molecule has 1 aromatic rings. The number of likely N-dealkylation sites (tertiary alicyclic amines) is 1. The first-order chi connectivity index (χ1) is 8.58. The number of nitrogens with one attached hydrogen (secondary N) is 2. The van der Waals surface area contributed by atoms with Crippen LogP contribution < -0.4 is 5.32 Å². The second-order valence-electron chi connectivity index (χ2n) is 5.06. The Hall–Kier alpha value is -1.43. The van der Waals surface area contributed by atoms with Gasteiger partial charge in [0.05, 0.1) is 0 Å². The van der Waals surface area contributed by atoms with Gasteiger partial charge in [-0.15, -0.1) is 5.10 Å². The van der Waals surface area contributed by atoms with Crippen molar-refractivity contribution in [2.75, 3.05) is 20.1 Å². The SMILES string of the molecule is CCc1nc(C(=O)N2CCC(C)(NC)CC2)n[nH]1. The maximum absolute atomic E-state index is 12.2. The van der Waals surface area contributed by atoms with E-state index in [9.17, 15) is 4.79 Å². The highest BCUT2D eigenvalue weighted by molar-refractivity contribution is 5.90. The molecule has 1 saturated heterocycles. The third-order valence-electron chi connectivity index (χ3n) is 3.82. The van der Waals surface area contributed by atoms with Gasteiger partial charge in [-0.25, -0.2) is 4.98 Å². The monoisotopic (exact) mass is 251 g/mol. The molecule has 2 rings (SSSR count). The van der Waals surface area contributed by atoms with Crippen LogP contribution in [0.15, 0.2) is 0 Å². The van der Waals surface area contributed by atoms with E-state index in [0.717, 1.165) is 38.2 Å². The van der Waals surface area contributed by atoms with Crippen molar-refractivity contribution in [3.63, 3.8) is 0 Å². The van der Waals surface area contributed by atoms with Crippen molar-refractivity contribution < 1.29 is 4.79 Å². The summed E-state index contributed by atoms with van der Waals surface area (Å²) in [5, 5.41) is 10.1. The third kappa shape index (κ3) is 2.53. The number of rotatable bonds is 3. The maximum atomic E-state index is 12.2. The number of H-pyrrole nitrogens is 1. The maximum Gasteiger partial charge on any atom is 0.293 e. The minimum Gasteiger partial charge on any atom is -0.336 e. The van der Waals surface area contributed by atoms with Crippen LogP contribution >= 0.6 is 0 Å². The molecule has 0 aromatic carbocycles. The van der Waals surface area contributed by atoms with Gasteiger partial charge in [-0.2, -0.15) is 0 Å². The molecule has 1 amide bonds. The molecular weight excluding hydrogens is 230 g/mol. The standard InChI is InChI=1S/C12H21N5O/c1-4-9-14-10(16-15-9)11(18)17-7-5-12(2,13-3)6-8-17/h13H,4-8H2,1-3H3,(H,14,15,16). The smallest absolute Gasteiger partial charge is 0.293 e. The summed E-state index contributed by atoms with van der Waals surface area (Å²) in [6.07, 6.45) is 2.68. The van der Waals surface area contributed by atoms with Gasteiger partial charge in [0, 0.05) is 25.0 Å². The number of hydrogen-bond acceptors (Lipinski definition) is 4. The van der Waals surface area contributed by atoms with Crippen LogP contribution in [0.25, 0.3) is 0 Å². The van der Waals surface area contributed by atoms with Crippen LogP contribution in [0.5, 0.6) is 0 Å². The number of carbonyl (C=O) groups excluding carboxylic acids is 1. The van der Waals surface area contributed by atoms with Crippen molar-refractivity contribution in [3.05, 3.63) is 11.6 Å². The summed E-state index contributed by atoms with van der Waals surface area (Å²) >= 11 is 0. The van der Waals surface area contributed by atoms with Gasteiger partial charge in [0.15, 0.2) is 0 Å². The lowest BCUT2D eigenvalue weighted by atomic mass is 9.90. The fourth-order valence-electron chi connectivity index (χ4n) is 2.14. The Morgan fingerprint density at radius 3 is 2.67 bits per heavy atom. The van der Waals surface area contributed by atoms with Crippen molar-refractivity contribution >= 4 is 5.91 Å². The molecule has 0 spiro atoms. The number of amides is 1. The summed E-state index contributed by atoms with van der Waals surface area (Å²) in [5.41, 5.74) is 0.143. The van der Waals surface area contributed by atoms with Crippen molar-refractivity contribution in [1.29, 1.82) is 0 Å². The van der Waals surface area contributed by atoms with E-state index < -0.39 is 0 Å². The molecular formula is C12H21N5O. The second kappa shape index (κ2) is 5.06. The summed E-state index contributed by atoms with van der Waals surface area (Å²) in [5.74, 6) is 0.986. The fourth-order valence-corrected chi connectivity index (χ4v) is 2.14. The molecule has 2 heterocycles.